The Balaban J connectivity index is 1.67. The number of hydrogen-bond acceptors (Lipinski definition) is 9. The van der Waals surface area contributed by atoms with E-state index in [0.717, 1.165) is 0 Å². The number of Topliss-reactive ketones (excluding diaryl/α,β-unsaturated/α-hetero) is 1. The van der Waals surface area contributed by atoms with Gasteiger partial charge < -0.3 is 30.3 Å². The van der Waals surface area contributed by atoms with Crippen LogP contribution in [0.3, 0.4) is 0 Å². The molecule has 0 radical (unpaired) electrons. The van der Waals surface area contributed by atoms with Crippen molar-refractivity contribution >= 4 is 23.6 Å². The fraction of sp³-hybridized carbons (Fsp3) is 0.464. The maximum absolute atomic E-state index is 13.6. The van der Waals surface area contributed by atoms with Gasteiger partial charge in [0.05, 0.1) is 23.6 Å². The minimum Gasteiger partial charge on any atom is -0.507 e. The predicted molar refractivity (Wildman–Crippen MR) is 137 cm³/mol. The molecule has 0 saturated carbocycles. The van der Waals surface area contributed by atoms with Crippen LogP contribution in [0.5, 0.6) is 5.75 Å². The lowest BCUT2D eigenvalue weighted by molar-refractivity contribution is -0.183. The molecule has 208 valence electrons. The molecule has 0 aliphatic carbocycles. The Morgan fingerprint density at radius 3 is 2.54 bits per heavy atom. The summed E-state index contributed by atoms with van der Waals surface area (Å²) < 4.78 is 11.0. The van der Waals surface area contributed by atoms with E-state index in [-0.39, 0.29) is 24.2 Å². The maximum Gasteiger partial charge on any atom is 0.312 e. The zero-order valence-corrected chi connectivity index (χ0v) is 21.8. The highest BCUT2D eigenvalue weighted by Crippen LogP contribution is 2.26. The second kappa shape index (κ2) is 12.4. The molecule has 3 heterocycles. The van der Waals surface area contributed by atoms with Crippen LogP contribution in [0.2, 0.25) is 0 Å². The molecule has 2 saturated heterocycles. The van der Waals surface area contributed by atoms with Crippen LogP contribution in [-0.2, 0) is 30.3 Å². The van der Waals surface area contributed by atoms with Crippen LogP contribution < -0.4 is 10.6 Å². The zero-order valence-electron chi connectivity index (χ0n) is 21.8. The molecule has 2 fully saturated rings. The minimum absolute atomic E-state index is 0.0369. The van der Waals surface area contributed by atoms with Crippen molar-refractivity contribution in [3.8, 4) is 5.75 Å². The van der Waals surface area contributed by atoms with Gasteiger partial charge in [0.1, 0.15) is 17.9 Å². The van der Waals surface area contributed by atoms with E-state index in [1.165, 1.54) is 19.1 Å². The Kier molecular flexibility index (Phi) is 8.93. The normalized spacial score (nSPS) is 30.1. The number of cyclic esters (lactones) is 1. The number of para-hydroxylation sites is 1. The summed E-state index contributed by atoms with van der Waals surface area (Å²) in [5.41, 5.74) is 0.665. The van der Waals surface area contributed by atoms with Crippen molar-refractivity contribution in [2.75, 3.05) is 6.61 Å². The second-order valence-corrected chi connectivity index (χ2v) is 10.1. The van der Waals surface area contributed by atoms with E-state index in [1.54, 1.807) is 43.6 Å². The predicted octanol–water partition coefficient (Wildman–Crippen LogP) is 0.920. The summed E-state index contributed by atoms with van der Waals surface area (Å²) in [4.78, 5) is 57.1. The van der Waals surface area contributed by atoms with Crippen LogP contribution in [0, 0.1) is 11.8 Å². The fourth-order valence-corrected chi connectivity index (χ4v) is 4.77. The van der Waals surface area contributed by atoms with Crippen LogP contribution in [0.4, 0.5) is 0 Å². The highest BCUT2D eigenvalue weighted by atomic mass is 16.6. The first-order valence-electron chi connectivity index (χ1n) is 13.0. The quantitative estimate of drug-likeness (QED) is 0.405. The standard InChI is InChI=1S/C28H33N3O8/c1-15-12-21(33)25(22-9-11-38-22)39-28(37)16(2)24(34)19(13-17-6-5-10-29-14-17)30-27(36)23(15)31-26(35)18-7-3-4-8-20(18)32/h3-8,10,14-16,19,22-25,32,34H,9,11-13H2,1-2H3,(H,30,36)(H,31,35)/t15-,16+,19-,22?,23-,24-,25?/m0/s1. The average molecular weight is 540 g/mol. The Morgan fingerprint density at radius 1 is 1.15 bits per heavy atom. The molecule has 4 rings (SSSR count). The van der Waals surface area contributed by atoms with Crippen LogP contribution >= 0.6 is 0 Å². The lowest BCUT2D eigenvalue weighted by atomic mass is 9.88. The number of carbonyl (C=O) groups excluding carboxylic acids is 4. The molecule has 0 spiro atoms. The first kappa shape index (κ1) is 28.2. The van der Waals surface area contributed by atoms with Crippen molar-refractivity contribution in [2.24, 2.45) is 11.8 Å². The van der Waals surface area contributed by atoms with Gasteiger partial charge in [-0.05, 0) is 43.0 Å². The fourth-order valence-electron chi connectivity index (χ4n) is 4.77. The zero-order chi connectivity index (χ0) is 28.1. The van der Waals surface area contributed by atoms with Gasteiger partial charge in [0, 0.05) is 31.8 Å². The number of aliphatic hydroxyl groups excluding tert-OH is 1. The first-order chi connectivity index (χ1) is 18.7. The molecule has 2 aliphatic heterocycles. The summed E-state index contributed by atoms with van der Waals surface area (Å²) in [5, 5.41) is 26.8. The molecule has 7 atom stereocenters. The van der Waals surface area contributed by atoms with Crippen molar-refractivity contribution in [1.29, 1.82) is 0 Å². The summed E-state index contributed by atoms with van der Waals surface area (Å²) in [6.45, 7) is 3.51. The molecule has 2 aromatic rings. The molecule has 11 nitrogen and oxygen atoms in total. The molecule has 11 heteroatoms. The number of aliphatic hydroxyl groups is 1. The number of aromatic hydroxyl groups is 1. The number of esters is 1. The van der Waals surface area contributed by atoms with Crippen molar-refractivity contribution < 1.29 is 38.9 Å². The number of nitrogens with zero attached hydrogens (tertiary/aromatic N) is 1. The Morgan fingerprint density at radius 2 is 1.90 bits per heavy atom. The number of ether oxygens (including phenoxy) is 2. The third kappa shape index (κ3) is 6.61. The van der Waals surface area contributed by atoms with Gasteiger partial charge in [-0.25, -0.2) is 0 Å². The Bertz CT molecular complexity index is 1200. The number of carbonyl (C=O) groups is 4. The number of phenolic OH excluding ortho intramolecular Hbond substituents is 1. The highest BCUT2D eigenvalue weighted by Gasteiger charge is 2.43. The molecule has 4 N–H and O–H groups in total. The van der Waals surface area contributed by atoms with E-state index in [4.69, 9.17) is 9.47 Å². The number of benzene rings is 1. The number of ketones is 1. The van der Waals surface area contributed by atoms with Gasteiger partial charge in [-0.1, -0.05) is 25.1 Å². The van der Waals surface area contributed by atoms with E-state index in [9.17, 15) is 29.4 Å². The van der Waals surface area contributed by atoms with Crippen LogP contribution in [0.25, 0.3) is 0 Å². The topological polar surface area (TPSA) is 164 Å². The van der Waals surface area contributed by atoms with E-state index < -0.39 is 65.8 Å². The molecule has 2 unspecified atom stereocenters. The van der Waals surface area contributed by atoms with Gasteiger partial charge in [0.25, 0.3) is 5.91 Å². The van der Waals surface area contributed by atoms with E-state index in [1.807, 2.05) is 0 Å². The smallest absolute Gasteiger partial charge is 0.312 e. The van der Waals surface area contributed by atoms with Gasteiger partial charge in [-0.15, -0.1) is 0 Å². The van der Waals surface area contributed by atoms with Crippen molar-refractivity contribution in [1.82, 2.24) is 15.6 Å². The van der Waals surface area contributed by atoms with Crippen LogP contribution in [-0.4, -0.2) is 75.8 Å². The van der Waals surface area contributed by atoms with E-state index >= 15 is 0 Å². The monoisotopic (exact) mass is 539 g/mol. The van der Waals surface area contributed by atoms with Crippen molar-refractivity contribution in [3.05, 3.63) is 59.9 Å². The van der Waals surface area contributed by atoms with Gasteiger partial charge in [-0.3, -0.25) is 24.2 Å². The molecule has 2 amide bonds. The largest absolute Gasteiger partial charge is 0.507 e. The molecule has 1 aromatic carbocycles. The van der Waals surface area contributed by atoms with Gasteiger partial charge in [-0.2, -0.15) is 0 Å². The number of aromatic nitrogens is 1. The number of hydrogen-bond donors (Lipinski definition) is 4. The van der Waals surface area contributed by atoms with Gasteiger partial charge >= 0.3 is 5.97 Å². The number of pyridine rings is 1. The third-order valence-electron chi connectivity index (χ3n) is 7.24. The van der Waals surface area contributed by atoms with Crippen molar-refractivity contribution in [3.63, 3.8) is 0 Å². The van der Waals surface area contributed by atoms with Crippen molar-refractivity contribution in [2.45, 2.75) is 63.5 Å². The summed E-state index contributed by atoms with van der Waals surface area (Å²) in [5.74, 6) is -4.67. The number of amides is 2. The Labute approximate surface area is 225 Å². The van der Waals surface area contributed by atoms with Gasteiger partial charge in [0.15, 0.2) is 11.9 Å². The molecule has 1 aromatic heterocycles. The first-order valence-corrected chi connectivity index (χ1v) is 13.0. The highest BCUT2D eigenvalue weighted by molar-refractivity contribution is 6.00. The number of phenols is 1. The SMILES string of the molecule is C[C@H]1CC(=O)C(C2CCO2)OC(=O)[C@H](C)[C@H](O)[C@H](Cc2cccnc2)NC(=O)[C@H]1NC(=O)c1ccccc1O. The minimum atomic E-state index is -1.39. The number of rotatable bonds is 5. The molecule has 39 heavy (non-hydrogen) atoms. The lowest BCUT2D eigenvalue weighted by Gasteiger charge is -2.36. The number of nitrogens with one attached hydrogen (secondary N) is 2. The van der Waals surface area contributed by atoms with Gasteiger partial charge in [0.2, 0.25) is 5.91 Å². The Hall–Kier alpha value is -3.83. The maximum atomic E-state index is 13.6. The third-order valence-corrected chi connectivity index (χ3v) is 7.24. The molecule has 2 aliphatic rings. The summed E-state index contributed by atoms with van der Waals surface area (Å²) in [6.07, 6.45) is 0.442. The second-order valence-electron chi connectivity index (χ2n) is 10.1. The van der Waals surface area contributed by atoms with E-state index in [2.05, 4.69) is 15.6 Å². The van der Waals surface area contributed by atoms with E-state index in [0.29, 0.717) is 18.6 Å². The summed E-state index contributed by atoms with van der Waals surface area (Å²) in [6, 6.07) is 7.22. The summed E-state index contributed by atoms with van der Waals surface area (Å²) >= 11 is 0. The molecular weight excluding hydrogens is 506 g/mol. The van der Waals surface area contributed by atoms with Crippen LogP contribution in [0.1, 0.15) is 42.6 Å². The molecule has 0 bridgehead atoms. The molecular formula is C28H33N3O8. The average Bonchev–Trinajstić information content (AvgIpc) is 2.89. The van der Waals surface area contributed by atoms with Crippen LogP contribution in [0.15, 0.2) is 48.8 Å². The lowest BCUT2D eigenvalue weighted by Crippen LogP contribution is -2.58. The summed E-state index contributed by atoms with van der Waals surface area (Å²) in [7, 11) is 0.